The van der Waals surface area contributed by atoms with Gasteiger partial charge in [0.25, 0.3) is 0 Å². The fourth-order valence-corrected chi connectivity index (χ4v) is 1.44. The molecule has 78 valence electrons. The van der Waals surface area contributed by atoms with Crippen LogP contribution in [0.2, 0.25) is 0 Å². The van der Waals surface area contributed by atoms with Crippen LogP contribution in [0.5, 0.6) is 0 Å². The van der Waals surface area contributed by atoms with Gasteiger partial charge in [-0.3, -0.25) is 0 Å². The van der Waals surface area contributed by atoms with Gasteiger partial charge in [0.1, 0.15) is 0 Å². The van der Waals surface area contributed by atoms with Crippen LogP contribution >= 0.6 is 0 Å². The third-order valence-electron chi connectivity index (χ3n) is 2.58. The van der Waals surface area contributed by atoms with Crippen molar-refractivity contribution in [3.63, 3.8) is 0 Å². The maximum Gasteiger partial charge on any atom is 0.0666 e. The summed E-state index contributed by atoms with van der Waals surface area (Å²) >= 11 is 0. The van der Waals surface area contributed by atoms with E-state index in [0.29, 0.717) is 0 Å². The van der Waals surface area contributed by atoms with Crippen molar-refractivity contribution in [2.24, 2.45) is 5.73 Å². The highest BCUT2D eigenvalue weighted by Crippen LogP contribution is 2.13. The Morgan fingerprint density at radius 1 is 1.36 bits per heavy atom. The zero-order valence-electron chi connectivity index (χ0n) is 9.12. The van der Waals surface area contributed by atoms with E-state index in [1.54, 1.807) is 6.92 Å². The third kappa shape index (κ3) is 2.82. The highest BCUT2D eigenvalue weighted by molar-refractivity contribution is 5.31. The average molecular weight is 193 g/mol. The van der Waals surface area contributed by atoms with Crippen LogP contribution in [-0.2, 0) is 6.42 Å². The van der Waals surface area contributed by atoms with Crippen LogP contribution in [0.4, 0.5) is 0 Å². The first kappa shape index (κ1) is 11.2. The summed E-state index contributed by atoms with van der Waals surface area (Å²) in [6.07, 6.45) is 0.292. The molecule has 0 spiro atoms. The number of hydrogen-bond donors (Lipinski definition) is 2. The maximum absolute atomic E-state index is 9.32. The molecule has 0 radical (unpaired) electrons. The topological polar surface area (TPSA) is 46.2 Å². The van der Waals surface area contributed by atoms with E-state index in [-0.39, 0.29) is 6.04 Å². The van der Waals surface area contributed by atoms with E-state index in [4.69, 9.17) is 5.73 Å². The highest BCUT2D eigenvalue weighted by atomic mass is 16.3. The van der Waals surface area contributed by atoms with Crippen LogP contribution in [0.3, 0.4) is 0 Å². The van der Waals surface area contributed by atoms with Crippen LogP contribution in [0.1, 0.15) is 23.6 Å². The van der Waals surface area contributed by atoms with E-state index in [1.807, 2.05) is 0 Å². The molecule has 2 atom stereocenters. The largest absolute Gasteiger partial charge is 0.392 e. The van der Waals surface area contributed by atoms with E-state index < -0.39 is 6.10 Å². The Hall–Kier alpha value is -0.860. The Balaban J connectivity index is 2.80. The molecule has 1 aromatic carbocycles. The van der Waals surface area contributed by atoms with Gasteiger partial charge in [0, 0.05) is 6.04 Å². The first-order chi connectivity index (χ1) is 6.50. The molecular formula is C12H19NO. The van der Waals surface area contributed by atoms with E-state index in [9.17, 15) is 5.11 Å². The highest BCUT2D eigenvalue weighted by Gasteiger charge is 2.11. The van der Waals surface area contributed by atoms with Gasteiger partial charge >= 0.3 is 0 Å². The zero-order valence-corrected chi connectivity index (χ0v) is 9.12. The zero-order chi connectivity index (χ0) is 10.7. The Morgan fingerprint density at radius 2 is 2.00 bits per heavy atom. The van der Waals surface area contributed by atoms with Crippen LogP contribution < -0.4 is 5.73 Å². The van der Waals surface area contributed by atoms with E-state index in [0.717, 1.165) is 6.42 Å². The average Bonchev–Trinajstić information content (AvgIpc) is 2.11. The quantitative estimate of drug-likeness (QED) is 0.765. The second kappa shape index (κ2) is 4.58. The molecule has 0 aliphatic rings. The molecule has 0 amide bonds. The molecule has 2 unspecified atom stereocenters. The second-order valence-corrected chi connectivity index (χ2v) is 4.04. The van der Waals surface area contributed by atoms with Gasteiger partial charge in [-0.1, -0.05) is 23.8 Å². The Bertz CT molecular complexity index is 307. The summed E-state index contributed by atoms with van der Waals surface area (Å²) in [7, 11) is 0. The number of benzene rings is 1. The van der Waals surface area contributed by atoms with Crippen LogP contribution in [0.15, 0.2) is 18.2 Å². The van der Waals surface area contributed by atoms with Crippen molar-refractivity contribution in [1.29, 1.82) is 0 Å². The summed E-state index contributed by atoms with van der Waals surface area (Å²) in [5, 5.41) is 9.32. The lowest BCUT2D eigenvalue weighted by Crippen LogP contribution is -2.34. The molecule has 0 fully saturated rings. The Morgan fingerprint density at radius 3 is 2.57 bits per heavy atom. The molecule has 2 heteroatoms. The molecule has 3 N–H and O–H groups in total. The molecule has 0 saturated carbocycles. The number of aliphatic hydroxyl groups is 1. The van der Waals surface area contributed by atoms with Crippen molar-refractivity contribution < 1.29 is 5.11 Å². The van der Waals surface area contributed by atoms with E-state index >= 15 is 0 Å². The molecule has 0 aliphatic heterocycles. The molecule has 0 saturated heterocycles. The first-order valence-electron chi connectivity index (χ1n) is 5.00. The standard InChI is InChI=1S/C12H19NO/c1-8-4-5-9(2)11(6-8)7-12(13)10(3)14/h4-6,10,12,14H,7,13H2,1-3H3. The molecule has 1 rings (SSSR count). The van der Waals surface area contributed by atoms with Crippen molar-refractivity contribution in [3.05, 3.63) is 34.9 Å². The molecule has 0 bridgehead atoms. The van der Waals surface area contributed by atoms with Gasteiger partial charge in [-0.25, -0.2) is 0 Å². The Labute approximate surface area is 85.8 Å². The van der Waals surface area contributed by atoms with E-state index in [2.05, 4.69) is 32.0 Å². The Kier molecular flexibility index (Phi) is 3.67. The number of hydrogen-bond acceptors (Lipinski definition) is 2. The predicted molar refractivity (Wildman–Crippen MR) is 59.3 cm³/mol. The summed E-state index contributed by atoms with van der Waals surface area (Å²) < 4.78 is 0. The SMILES string of the molecule is Cc1ccc(C)c(CC(N)C(C)O)c1. The summed E-state index contributed by atoms with van der Waals surface area (Å²) in [4.78, 5) is 0. The van der Waals surface area contributed by atoms with E-state index in [1.165, 1.54) is 16.7 Å². The smallest absolute Gasteiger partial charge is 0.0666 e. The van der Waals surface area contributed by atoms with Gasteiger partial charge < -0.3 is 10.8 Å². The van der Waals surface area contributed by atoms with Crippen molar-refractivity contribution in [1.82, 2.24) is 0 Å². The molecule has 0 aromatic heterocycles. The number of rotatable bonds is 3. The van der Waals surface area contributed by atoms with Gasteiger partial charge in [0.15, 0.2) is 0 Å². The van der Waals surface area contributed by atoms with Crippen molar-refractivity contribution in [2.45, 2.75) is 39.3 Å². The van der Waals surface area contributed by atoms with Gasteiger partial charge in [-0.05, 0) is 38.3 Å². The van der Waals surface area contributed by atoms with Crippen LogP contribution in [0, 0.1) is 13.8 Å². The minimum Gasteiger partial charge on any atom is -0.392 e. The number of aryl methyl sites for hydroxylation is 2. The maximum atomic E-state index is 9.32. The van der Waals surface area contributed by atoms with Gasteiger partial charge in [-0.2, -0.15) is 0 Å². The molecular weight excluding hydrogens is 174 g/mol. The lowest BCUT2D eigenvalue weighted by molar-refractivity contribution is 0.163. The minimum atomic E-state index is -0.449. The van der Waals surface area contributed by atoms with Crippen molar-refractivity contribution >= 4 is 0 Å². The minimum absolute atomic E-state index is 0.171. The molecule has 0 aliphatic carbocycles. The summed E-state index contributed by atoms with van der Waals surface area (Å²) in [6, 6.07) is 6.15. The molecule has 14 heavy (non-hydrogen) atoms. The lowest BCUT2D eigenvalue weighted by Gasteiger charge is -2.16. The predicted octanol–water partition coefficient (Wildman–Crippen LogP) is 1.55. The molecule has 1 aromatic rings. The van der Waals surface area contributed by atoms with Crippen LogP contribution in [0.25, 0.3) is 0 Å². The molecule has 0 heterocycles. The summed E-state index contributed by atoms with van der Waals surface area (Å²) in [5.41, 5.74) is 9.53. The number of nitrogens with two attached hydrogens (primary N) is 1. The summed E-state index contributed by atoms with van der Waals surface area (Å²) in [6.45, 7) is 5.87. The van der Waals surface area contributed by atoms with Gasteiger partial charge in [0.05, 0.1) is 6.10 Å². The first-order valence-corrected chi connectivity index (χ1v) is 5.00. The lowest BCUT2D eigenvalue weighted by atomic mass is 9.97. The normalized spacial score (nSPS) is 15.2. The third-order valence-corrected chi connectivity index (χ3v) is 2.58. The number of aliphatic hydroxyl groups excluding tert-OH is 1. The second-order valence-electron chi connectivity index (χ2n) is 4.04. The van der Waals surface area contributed by atoms with Crippen molar-refractivity contribution in [2.75, 3.05) is 0 Å². The molecule has 2 nitrogen and oxygen atoms in total. The van der Waals surface area contributed by atoms with Crippen LogP contribution in [-0.4, -0.2) is 17.3 Å². The fraction of sp³-hybridized carbons (Fsp3) is 0.500. The fourth-order valence-electron chi connectivity index (χ4n) is 1.44. The summed E-state index contributed by atoms with van der Waals surface area (Å²) in [5.74, 6) is 0. The van der Waals surface area contributed by atoms with Crippen molar-refractivity contribution in [3.8, 4) is 0 Å². The van der Waals surface area contributed by atoms with Gasteiger partial charge in [0.2, 0.25) is 0 Å². The monoisotopic (exact) mass is 193 g/mol. The van der Waals surface area contributed by atoms with Gasteiger partial charge in [-0.15, -0.1) is 0 Å².